The minimum Gasteiger partial charge on any atom is -0.478 e. The van der Waals surface area contributed by atoms with Crippen LogP contribution in [0, 0.1) is 0 Å². The van der Waals surface area contributed by atoms with Crippen molar-refractivity contribution in [2.24, 2.45) is 0 Å². The molecule has 0 aliphatic rings. The van der Waals surface area contributed by atoms with Gasteiger partial charge < -0.3 is 15.4 Å². The minimum atomic E-state index is -3.98. The van der Waals surface area contributed by atoms with Crippen molar-refractivity contribution in [3.8, 4) is 0 Å². The van der Waals surface area contributed by atoms with Gasteiger partial charge in [-0.3, -0.25) is 0 Å². The Morgan fingerprint density at radius 2 is 2.19 bits per heavy atom. The number of aromatic nitrogens is 2. The van der Waals surface area contributed by atoms with Gasteiger partial charge in [-0.05, 0) is 18.2 Å². The van der Waals surface area contributed by atoms with Crippen LogP contribution in [0.1, 0.15) is 16.2 Å². The Balaban J connectivity index is 2.17. The molecule has 0 aliphatic heterocycles. The van der Waals surface area contributed by atoms with Crippen LogP contribution in [-0.2, 0) is 16.4 Å². The molecule has 21 heavy (non-hydrogen) atoms. The average molecular weight is 312 g/mol. The molecule has 0 aliphatic carbocycles. The molecule has 1 heterocycles. The standard InChI is InChI=1S/C11H12N4O5S/c12-7-1-2-9(8(5-7)11(16)17)21(18,19)15-4-3-10-13-6-14-20-10/h1-2,5-6,15H,3-4,12H2,(H,16,17). The number of rotatable bonds is 6. The summed E-state index contributed by atoms with van der Waals surface area (Å²) in [5.41, 5.74) is 5.24. The van der Waals surface area contributed by atoms with Crippen LogP contribution >= 0.6 is 0 Å². The Labute approximate surface area is 119 Å². The molecular weight excluding hydrogens is 300 g/mol. The Morgan fingerprint density at radius 3 is 2.81 bits per heavy atom. The molecular formula is C11H12N4O5S. The third-order valence-corrected chi connectivity index (χ3v) is 4.08. The first-order valence-corrected chi connectivity index (χ1v) is 7.26. The number of nitrogen functional groups attached to an aromatic ring is 1. The van der Waals surface area contributed by atoms with E-state index in [2.05, 4.69) is 14.9 Å². The summed E-state index contributed by atoms with van der Waals surface area (Å²) >= 11 is 0. The number of carbonyl (C=O) groups is 1. The van der Waals surface area contributed by atoms with Gasteiger partial charge in [0.25, 0.3) is 0 Å². The molecule has 112 valence electrons. The topological polar surface area (TPSA) is 148 Å². The van der Waals surface area contributed by atoms with Crippen LogP contribution in [0.4, 0.5) is 5.69 Å². The maximum atomic E-state index is 12.1. The number of hydrogen-bond donors (Lipinski definition) is 3. The number of anilines is 1. The number of sulfonamides is 1. The van der Waals surface area contributed by atoms with Crippen molar-refractivity contribution in [2.75, 3.05) is 12.3 Å². The van der Waals surface area contributed by atoms with E-state index < -0.39 is 16.0 Å². The second kappa shape index (κ2) is 5.89. The molecule has 1 aromatic carbocycles. The predicted molar refractivity (Wildman–Crippen MR) is 71.0 cm³/mol. The van der Waals surface area contributed by atoms with E-state index in [1.165, 1.54) is 12.4 Å². The molecule has 0 atom stereocenters. The molecule has 9 nitrogen and oxygen atoms in total. The van der Waals surface area contributed by atoms with Gasteiger partial charge in [0, 0.05) is 18.7 Å². The van der Waals surface area contributed by atoms with Crippen molar-refractivity contribution in [3.63, 3.8) is 0 Å². The number of carboxylic acid groups (broad SMARTS) is 1. The maximum absolute atomic E-state index is 12.1. The van der Waals surface area contributed by atoms with Crippen LogP contribution in [0.5, 0.6) is 0 Å². The van der Waals surface area contributed by atoms with Crippen molar-refractivity contribution in [3.05, 3.63) is 36.0 Å². The van der Waals surface area contributed by atoms with Gasteiger partial charge in [-0.15, -0.1) is 0 Å². The Hall–Kier alpha value is -2.46. The van der Waals surface area contributed by atoms with Gasteiger partial charge in [0.15, 0.2) is 6.33 Å². The third-order valence-electron chi connectivity index (χ3n) is 2.56. The Bertz CT molecular complexity index is 742. The lowest BCUT2D eigenvalue weighted by molar-refractivity contribution is 0.0692. The maximum Gasteiger partial charge on any atom is 0.337 e. The molecule has 4 N–H and O–H groups in total. The zero-order valence-corrected chi connectivity index (χ0v) is 11.5. The summed E-state index contributed by atoms with van der Waals surface area (Å²) in [6.07, 6.45) is 1.39. The van der Waals surface area contributed by atoms with E-state index in [0.717, 1.165) is 12.1 Å². The zero-order valence-electron chi connectivity index (χ0n) is 10.7. The highest BCUT2D eigenvalue weighted by molar-refractivity contribution is 7.89. The zero-order chi connectivity index (χ0) is 15.5. The largest absolute Gasteiger partial charge is 0.478 e. The second-order valence-corrected chi connectivity index (χ2v) is 5.78. The van der Waals surface area contributed by atoms with E-state index >= 15 is 0 Å². The van der Waals surface area contributed by atoms with E-state index in [-0.39, 0.29) is 35.0 Å². The van der Waals surface area contributed by atoms with Gasteiger partial charge in [0.2, 0.25) is 15.9 Å². The molecule has 0 amide bonds. The van der Waals surface area contributed by atoms with Crippen LogP contribution in [-0.4, -0.2) is 36.2 Å². The van der Waals surface area contributed by atoms with Gasteiger partial charge in [0.05, 0.1) is 10.5 Å². The Kier molecular flexibility index (Phi) is 4.19. The highest BCUT2D eigenvalue weighted by atomic mass is 32.2. The molecule has 0 unspecified atom stereocenters. The Morgan fingerprint density at radius 1 is 1.43 bits per heavy atom. The summed E-state index contributed by atoms with van der Waals surface area (Å²) in [4.78, 5) is 14.5. The molecule has 0 bridgehead atoms. The van der Waals surface area contributed by atoms with Gasteiger partial charge in [-0.1, -0.05) is 5.16 Å². The van der Waals surface area contributed by atoms with Crippen molar-refractivity contribution < 1.29 is 22.8 Å². The van der Waals surface area contributed by atoms with Gasteiger partial charge in [-0.25, -0.2) is 17.9 Å². The predicted octanol–water partition coefficient (Wildman–Crippen LogP) is -0.129. The smallest absolute Gasteiger partial charge is 0.337 e. The van der Waals surface area contributed by atoms with Gasteiger partial charge in [-0.2, -0.15) is 4.98 Å². The number of hydrogen-bond acceptors (Lipinski definition) is 7. The number of aromatic carboxylic acids is 1. The molecule has 2 rings (SSSR count). The fourth-order valence-corrected chi connectivity index (χ4v) is 2.83. The first-order chi connectivity index (χ1) is 9.90. The van der Waals surface area contributed by atoms with Crippen molar-refractivity contribution in [1.29, 1.82) is 0 Å². The minimum absolute atomic E-state index is 0.00599. The van der Waals surface area contributed by atoms with Crippen LogP contribution in [0.3, 0.4) is 0 Å². The molecule has 0 saturated heterocycles. The molecule has 0 fully saturated rings. The number of nitrogens with one attached hydrogen (secondary N) is 1. The van der Waals surface area contributed by atoms with Crippen LogP contribution in [0.2, 0.25) is 0 Å². The third kappa shape index (κ3) is 3.55. The monoisotopic (exact) mass is 312 g/mol. The first-order valence-electron chi connectivity index (χ1n) is 5.78. The summed E-state index contributed by atoms with van der Waals surface area (Å²) in [6.45, 7) is -0.00599. The summed E-state index contributed by atoms with van der Waals surface area (Å²) in [5, 5.41) is 12.4. The lowest BCUT2D eigenvalue weighted by Crippen LogP contribution is -2.27. The molecule has 0 saturated carbocycles. The first kappa shape index (κ1) is 14.9. The van der Waals surface area contributed by atoms with Gasteiger partial charge in [0.1, 0.15) is 0 Å². The average Bonchev–Trinajstić information content (AvgIpc) is 2.91. The van der Waals surface area contributed by atoms with E-state index in [4.69, 9.17) is 15.4 Å². The number of carboxylic acids is 1. The molecule has 0 radical (unpaired) electrons. The van der Waals surface area contributed by atoms with Gasteiger partial charge >= 0.3 is 5.97 Å². The van der Waals surface area contributed by atoms with Crippen molar-refractivity contribution in [1.82, 2.24) is 14.9 Å². The van der Waals surface area contributed by atoms with Crippen LogP contribution in [0.25, 0.3) is 0 Å². The SMILES string of the molecule is Nc1ccc(S(=O)(=O)NCCc2ncno2)c(C(=O)O)c1. The lowest BCUT2D eigenvalue weighted by Gasteiger charge is -2.09. The highest BCUT2D eigenvalue weighted by Crippen LogP contribution is 2.18. The van der Waals surface area contributed by atoms with Crippen LogP contribution in [0.15, 0.2) is 33.9 Å². The van der Waals surface area contributed by atoms with E-state index in [9.17, 15) is 13.2 Å². The quantitative estimate of drug-likeness (QED) is 0.624. The number of nitrogens with two attached hydrogens (primary N) is 1. The fraction of sp³-hybridized carbons (Fsp3) is 0.182. The second-order valence-electron chi connectivity index (χ2n) is 4.04. The van der Waals surface area contributed by atoms with Crippen molar-refractivity contribution in [2.45, 2.75) is 11.3 Å². The molecule has 2 aromatic rings. The fourth-order valence-electron chi connectivity index (χ4n) is 1.63. The summed E-state index contributed by atoms with van der Waals surface area (Å²) in [7, 11) is -3.98. The number of nitrogens with zero attached hydrogens (tertiary/aromatic N) is 2. The normalized spacial score (nSPS) is 11.4. The molecule has 1 aromatic heterocycles. The summed E-state index contributed by atoms with van der Waals surface area (Å²) in [6, 6.07) is 3.56. The van der Waals surface area contributed by atoms with Crippen LogP contribution < -0.4 is 10.5 Å². The lowest BCUT2D eigenvalue weighted by atomic mass is 10.2. The molecule has 10 heteroatoms. The summed E-state index contributed by atoms with van der Waals surface area (Å²) in [5.74, 6) is -1.10. The van der Waals surface area contributed by atoms with E-state index in [0.29, 0.717) is 0 Å². The van der Waals surface area contributed by atoms with E-state index in [1.807, 2.05) is 0 Å². The van der Waals surface area contributed by atoms with Crippen molar-refractivity contribution >= 4 is 21.7 Å². The molecule has 0 spiro atoms. The highest BCUT2D eigenvalue weighted by Gasteiger charge is 2.22. The number of benzene rings is 1. The van der Waals surface area contributed by atoms with E-state index in [1.54, 1.807) is 0 Å². The summed E-state index contributed by atoms with van der Waals surface area (Å²) < 4.78 is 31.2.